The van der Waals surface area contributed by atoms with Gasteiger partial charge in [-0.15, -0.1) is 0 Å². The van der Waals surface area contributed by atoms with Gasteiger partial charge in [-0.25, -0.2) is 9.97 Å². The lowest BCUT2D eigenvalue weighted by Crippen LogP contribution is -2.29. The number of aromatic nitrogens is 2. The van der Waals surface area contributed by atoms with Gasteiger partial charge in [0.15, 0.2) is 0 Å². The second kappa shape index (κ2) is 3.06. The molecule has 0 aromatic carbocycles. The highest BCUT2D eigenvalue weighted by Crippen LogP contribution is 2.19. The second-order valence-corrected chi connectivity index (χ2v) is 3.42. The van der Waals surface area contributed by atoms with E-state index in [0.717, 1.165) is 5.69 Å². The minimum absolute atomic E-state index is 0.128. The fourth-order valence-electron chi connectivity index (χ4n) is 0.847. The molecule has 0 bridgehead atoms. The van der Waals surface area contributed by atoms with Crippen molar-refractivity contribution in [1.82, 2.24) is 9.97 Å². The van der Waals surface area contributed by atoms with E-state index < -0.39 is 0 Å². The van der Waals surface area contributed by atoms with Crippen LogP contribution in [0.5, 0.6) is 0 Å². The zero-order valence-electron chi connectivity index (χ0n) is 7.41. The smallest absolute Gasteiger partial charge is 0.127 e. The number of rotatable bonds is 2. The van der Waals surface area contributed by atoms with E-state index in [0.29, 0.717) is 12.4 Å². The minimum Gasteiger partial charge on any atom is -0.384 e. The van der Waals surface area contributed by atoms with Crippen molar-refractivity contribution < 1.29 is 0 Å². The molecule has 4 heteroatoms. The maximum absolute atomic E-state index is 5.59. The molecule has 0 aliphatic rings. The van der Waals surface area contributed by atoms with Crippen molar-refractivity contribution in [2.24, 2.45) is 5.73 Å². The van der Waals surface area contributed by atoms with Crippen molar-refractivity contribution in [2.45, 2.75) is 19.3 Å². The monoisotopic (exact) mass is 166 g/mol. The third kappa shape index (κ3) is 1.71. The highest BCUT2D eigenvalue weighted by Gasteiger charge is 2.20. The average molecular weight is 166 g/mol. The van der Waals surface area contributed by atoms with Crippen molar-refractivity contribution in [3.63, 3.8) is 0 Å². The van der Waals surface area contributed by atoms with Gasteiger partial charge in [0.1, 0.15) is 12.1 Å². The molecule has 1 aromatic rings. The first-order valence-electron chi connectivity index (χ1n) is 3.84. The molecule has 0 fully saturated rings. The Hall–Kier alpha value is -1.16. The SMILES string of the molecule is CC(C)(CN)c1cc(N)ncn1. The third-order valence-corrected chi connectivity index (χ3v) is 1.89. The normalized spacial score (nSPS) is 11.6. The first-order valence-corrected chi connectivity index (χ1v) is 3.84. The van der Waals surface area contributed by atoms with E-state index in [4.69, 9.17) is 11.5 Å². The Morgan fingerprint density at radius 1 is 1.42 bits per heavy atom. The van der Waals surface area contributed by atoms with Crippen molar-refractivity contribution in [1.29, 1.82) is 0 Å². The maximum Gasteiger partial charge on any atom is 0.127 e. The Morgan fingerprint density at radius 2 is 2.08 bits per heavy atom. The van der Waals surface area contributed by atoms with Gasteiger partial charge in [0, 0.05) is 18.0 Å². The van der Waals surface area contributed by atoms with Gasteiger partial charge in [0.25, 0.3) is 0 Å². The molecular formula is C8H14N4. The topological polar surface area (TPSA) is 77.8 Å². The summed E-state index contributed by atoms with van der Waals surface area (Å²) in [5.41, 5.74) is 11.9. The summed E-state index contributed by atoms with van der Waals surface area (Å²) in [7, 11) is 0. The van der Waals surface area contributed by atoms with Gasteiger partial charge in [-0.1, -0.05) is 13.8 Å². The summed E-state index contributed by atoms with van der Waals surface area (Å²) >= 11 is 0. The van der Waals surface area contributed by atoms with E-state index in [2.05, 4.69) is 9.97 Å². The van der Waals surface area contributed by atoms with Crippen LogP contribution >= 0.6 is 0 Å². The van der Waals surface area contributed by atoms with Crippen LogP contribution in [0.15, 0.2) is 12.4 Å². The van der Waals surface area contributed by atoms with Gasteiger partial charge in [0.2, 0.25) is 0 Å². The molecule has 0 spiro atoms. The van der Waals surface area contributed by atoms with E-state index in [-0.39, 0.29) is 5.41 Å². The largest absolute Gasteiger partial charge is 0.384 e. The number of nitrogen functional groups attached to an aromatic ring is 1. The highest BCUT2D eigenvalue weighted by molar-refractivity contribution is 5.31. The fraction of sp³-hybridized carbons (Fsp3) is 0.500. The van der Waals surface area contributed by atoms with E-state index in [1.807, 2.05) is 13.8 Å². The molecule has 1 aromatic heterocycles. The molecule has 1 rings (SSSR count). The Bertz CT molecular complexity index is 270. The summed E-state index contributed by atoms with van der Waals surface area (Å²) < 4.78 is 0. The third-order valence-electron chi connectivity index (χ3n) is 1.89. The summed E-state index contributed by atoms with van der Waals surface area (Å²) in [6.07, 6.45) is 1.46. The van der Waals surface area contributed by atoms with Crippen molar-refractivity contribution in [3.05, 3.63) is 18.1 Å². The van der Waals surface area contributed by atoms with Gasteiger partial charge in [-0.3, -0.25) is 0 Å². The fourth-order valence-corrected chi connectivity index (χ4v) is 0.847. The van der Waals surface area contributed by atoms with Gasteiger partial charge < -0.3 is 11.5 Å². The van der Waals surface area contributed by atoms with Crippen LogP contribution in [-0.4, -0.2) is 16.5 Å². The molecule has 0 aliphatic carbocycles. The van der Waals surface area contributed by atoms with Crippen LogP contribution in [0.2, 0.25) is 0 Å². The predicted octanol–water partition coefficient (Wildman–Crippen LogP) is 0.295. The molecule has 0 radical (unpaired) electrons. The lowest BCUT2D eigenvalue weighted by atomic mass is 9.89. The number of nitrogens with zero attached hydrogens (tertiary/aromatic N) is 2. The average Bonchev–Trinajstić information content (AvgIpc) is 2.05. The summed E-state index contributed by atoms with van der Waals surface area (Å²) in [5.74, 6) is 0.488. The van der Waals surface area contributed by atoms with Crippen LogP contribution in [0.4, 0.5) is 5.82 Å². The van der Waals surface area contributed by atoms with E-state index in [1.165, 1.54) is 6.33 Å². The van der Waals surface area contributed by atoms with E-state index >= 15 is 0 Å². The lowest BCUT2D eigenvalue weighted by molar-refractivity contribution is 0.520. The first-order chi connectivity index (χ1) is 5.56. The molecule has 4 N–H and O–H groups in total. The maximum atomic E-state index is 5.59. The molecule has 0 unspecified atom stereocenters. The zero-order valence-corrected chi connectivity index (χ0v) is 7.41. The molecular weight excluding hydrogens is 152 g/mol. The molecule has 4 nitrogen and oxygen atoms in total. The van der Waals surface area contributed by atoms with Gasteiger partial charge in [-0.2, -0.15) is 0 Å². The quantitative estimate of drug-likeness (QED) is 0.662. The summed E-state index contributed by atoms with van der Waals surface area (Å²) in [6, 6.07) is 1.76. The number of nitrogens with two attached hydrogens (primary N) is 2. The predicted molar refractivity (Wildman–Crippen MR) is 48.5 cm³/mol. The van der Waals surface area contributed by atoms with E-state index in [9.17, 15) is 0 Å². The van der Waals surface area contributed by atoms with Crippen LogP contribution < -0.4 is 11.5 Å². The lowest BCUT2D eigenvalue weighted by Gasteiger charge is -2.21. The zero-order chi connectivity index (χ0) is 9.19. The summed E-state index contributed by atoms with van der Waals surface area (Å²) in [6.45, 7) is 4.59. The molecule has 0 atom stereocenters. The van der Waals surface area contributed by atoms with Crippen LogP contribution in [0.25, 0.3) is 0 Å². The van der Waals surface area contributed by atoms with Crippen molar-refractivity contribution >= 4 is 5.82 Å². The Morgan fingerprint density at radius 3 is 2.58 bits per heavy atom. The Labute approximate surface area is 72.0 Å². The van der Waals surface area contributed by atoms with Gasteiger partial charge in [0.05, 0.1) is 5.69 Å². The van der Waals surface area contributed by atoms with Crippen molar-refractivity contribution in [2.75, 3.05) is 12.3 Å². The Balaban J connectivity index is 3.03. The van der Waals surface area contributed by atoms with Crippen LogP contribution in [0, 0.1) is 0 Å². The number of anilines is 1. The minimum atomic E-state index is -0.128. The molecule has 12 heavy (non-hydrogen) atoms. The molecule has 0 aliphatic heterocycles. The van der Waals surface area contributed by atoms with Gasteiger partial charge in [-0.05, 0) is 0 Å². The standard InChI is InChI=1S/C8H14N4/c1-8(2,4-9)6-3-7(10)12-5-11-6/h3,5H,4,9H2,1-2H3,(H2,10,11,12). The van der Waals surface area contributed by atoms with Gasteiger partial charge >= 0.3 is 0 Å². The molecule has 0 amide bonds. The van der Waals surface area contributed by atoms with Crippen molar-refractivity contribution in [3.8, 4) is 0 Å². The number of hydrogen-bond donors (Lipinski definition) is 2. The summed E-state index contributed by atoms with van der Waals surface area (Å²) in [5, 5.41) is 0. The highest BCUT2D eigenvalue weighted by atomic mass is 14.9. The number of hydrogen-bond acceptors (Lipinski definition) is 4. The first kappa shape index (κ1) is 8.93. The molecule has 0 saturated carbocycles. The van der Waals surface area contributed by atoms with E-state index in [1.54, 1.807) is 6.07 Å². The molecule has 66 valence electrons. The van der Waals surface area contributed by atoms with Crippen LogP contribution in [0.1, 0.15) is 19.5 Å². The Kier molecular flexibility index (Phi) is 2.28. The van der Waals surface area contributed by atoms with Crippen LogP contribution in [-0.2, 0) is 5.41 Å². The van der Waals surface area contributed by atoms with Crippen LogP contribution in [0.3, 0.4) is 0 Å². The summed E-state index contributed by atoms with van der Waals surface area (Å²) in [4.78, 5) is 7.92. The second-order valence-electron chi connectivity index (χ2n) is 3.42. The molecule has 0 saturated heterocycles. The molecule has 1 heterocycles.